The van der Waals surface area contributed by atoms with Crippen molar-refractivity contribution in [3.8, 4) is 11.8 Å². The highest BCUT2D eigenvalue weighted by Gasteiger charge is 2.22. The van der Waals surface area contributed by atoms with Crippen LogP contribution in [0.5, 0.6) is 0 Å². The summed E-state index contributed by atoms with van der Waals surface area (Å²) in [6.07, 6.45) is 3.04. The molecule has 3 aromatic rings. The zero-order valence-electron chi connectivity index (χ0n) is 18.4. The third kappa shape index (κ3) is 6.33. The molecule has 0 spiro atoms. The summed E-state index contributed by atoms with van der Waals surface area (Å²) in [5, 5.41) is 3.09. The Balaban J connectivity index is 1.27. The molecule has 0 bridgehead atoms. The van der Waals surface area contributed by atoms with Gasteiger partial charge in [0.15, 0.2) is 0 Å². The van der Waals surface area contributed by atoms with E-state index in [0.717, 1.165) is 44.5 Å². The number of likely N-dealkylation sites (tertiary alicyclic amines) is 1. The molecule has 4 rings (SSSR count). The van der Waals surface area contributed by atoms with Crippen molar-refractivity contribution >= 4 is 5.91 Å². The summed E-state index contributed by atoms with van der Waals surface area (Å²) in [7, 11) is 0. The van der Waals surface area contributed by atoms with Crippen LogP contribution in [-0.2, 0) is 4.79 Å². The third-order valence-electron chi connectivity index (χ3n) is 6.15. The first-order valence-electron chi connectivity index (χ1n) is 11.5. The normalized spacial score (nSPS) is 14.5. The summed E-state index contributed by atoms with van der Waals surface area (Å²) in [6.45, 7) is 3.07. The van der Waals surface area contributed by atoms with E-state index in [2.05, 4.69) is 82.7 Å². The molecule has 3 heteroatoms. The Bertz CT molecular complexity index is 991. The molecule has 0 aliphatic carbocycles. The monoisotopic (exact) mass is 422 g/mol. The van der Waals surface area contributed by atoms with Crippen LogP contribution in [-0.4, -0.2) is 36.5 Å². The SMILES string of the molecule is O=C(C#Cc1ccccc1)NC1CCN(CCC(c2ccccc2)c2ccccc2)CC1. The standard InChI is InChI=1S/C29H30N2O/c32-29(17-16-24-10-4-1-5-11-24)30-27-18-21-31(22-19-27)23-20-28(25-12-6-2-7-13-25)26-14-8-3-9-15-26/h1-15,27-28H,18-23H2,(H,30,32). The Morgan fingerprint density at radius 3 is 1.94 bits per heavy atom. The Morgan fingerprint density at radius 2 is 1.38 bits per heavy atom. The summed E-state index contributed by atoms with van der Waals surface area (Å²) in [4.78, 5) is 14.7. The average molecular weight is 423 g/mol. The fourth-order valence-corrected chi connectivity index (χ4v) is 4.38. The average Bonchev–Trinajstić information content (AvgIpc) is 2.86. The fraction of sp³-hybridized carbons (Fsp3) is 0.276. The van der Waals surface area contributed by atoms with Gasteiger partial charge in [0.2, 0.25) is 0 Å². The van der Waals surface area contributed by atoms with Gasteiger partial charge in [-0.2, -0.15) is 0 Å². The number of nitrogens with zero attached hydrogens (tertiary/aromatic N) is 1. The first kappa shape index (κ1) is 21.9. The quantitative estimate of drug-likeness (QED) is 0.577. The molecular weight excluding hydrogens is 392 g/mol. The predicted molar refractivity (Wildman–Crippen MR) is 130 cm³/mol. The minimum absolute atomic E-state index is 0.180. The first-order chi connectivity index (χ1) is 15.8. The van der Waals surface area contributed by atoms with E-state index in [1.54, 1.807) is 0 Å². The van der Waals surface area contributed by atoms with E-state index < -0.39 is 0 Å². The lowest BCUT2D eigenvalue weighted by Crippen LogP contribution is -2.44. The Labute approximate surface area is 191 Å². The largest absolute Gasteiger partial charge is 0.342 e. The molecule has 1 amide bonds. The second-order valence-corrected chi connectivity index (χ2v) is 8.37. The van der Waals surface area contributed by atoms with Crippen LogP contribution in [0.3, 0.4) is 0 Å². The van der Waals surface area contributed by atoms with Crippen LogP contribution in [0, 0.1) is 11.8 Å². The molecular formula is C29H30N2O. The molecule has 1 heterocycles. The number of nitrogens with one attached hydrogen (secondary N) is 1. The van der Waals surface area contributed by atoms with E-state index in [-0.39, 0.29) is 11.9 Å². The topological polar surface area (TPSA) is 32.3 Å². The minimum atomic E-state index is -0.180. The molecule has 3 nitrogen and oxygen atoms in total. The van der Waals surface area contributed by atoms with E-state index in [0.29, 0.717) is 5.92 Å². The Kier molecular flexibility index (Phi) is 7.74. The van der Waals surface area contributed by atoms with Gasteiger partial charge in [0.05, 0.1) is 0 Å². The van der Waals surface area contributed by atoms with Gasteiger partial charge in [-0.15, -0.1) is 0 Å². The highest BCUT2D eigenvalue weighted by Crippen LogP contribution is 2.28. The van der Waals surface area contributed by atoms with Gasteiger partial charge in [0.1, 0.15) is 0 Å². The van der Waals surface area contributed by atoms with E-state index in [4.69, 9.17) is 0 Å². The van der Waals surface area contributed by atoms with Gasteiger partial charge in [-0.05, 0) is 49.1 Å². The number of amides is 1. The molecule has 1 N–H and O–H groups in total. The summed E-state index contributed by atoms with van der Waals surface area (Å²) in [5.41, 5.74) is 3.61. The summed E-state index contributed by atoms with van der Waals surface area (Å²) < 4.78 is 0. The maximum Gasteiger partial charge on any atom is 0.296 e. The molecule has 0 atom stereocenters. The number of piperidine rings is 1. The number of carbonyl (C=O) groups is 1. The van der Waals surface area contributed by atoms with Crippen molar-refractivity contribution < 1.29 is 4.79 Å². The van der Waals surface area contributed by atoms with Gasteiger partial charge in [-0.3, -0.25) is 4.79 Å². The summed E-state index contributed by atoms with van der Waals surface area (Å²) >= 11 is 0. The van der Waals surface area contributed by atoms with Crippen molar-refractivity contribution in [3.63, 3.8) is 0 Å². The molecule has 1 aliphatic heterocycles. The molecule has 3 aromatic carbocycles. The molecule has 1 saturated heterocycles. The lowest BCUT2D eigenvalue weighted by Gasteiger charge is -2.33. The van der Waals surface area contributed by atoms with Crippen LogP contribution in [0.2, 0.25) is 0 Å². The van der Waals surface area contributed by atoms with Crippen LogP contribution in [0.4, 0.5) is 0 Å². The van der Waals surface area contributed by atoms with Crippen LogP contribution in [0.25, 0.3) is 0 Å². The summed E-state index contributed by atoms with van der Waals surface area (Å²) in [6, 6.07) is 31.4. The van der Waals surface area contributed by atoms with Crippen molar-refractivity contribution in [2.75, 3.05) is 19.6 Å². The second kappa shape index (κ2) is 11.3. The molecule has 0 saturated carbocycles. The van der Waals surface area contributed by atoms with Gasteiger partial charge in [0.25, 0.3) is 5.91 Å². The predicted octanol–water partition coefficient (Wildman–Crippen LogP) is 4.84. The van der Waals surface area contributed by atoms with Gasteiger partial charge < -0.3 is 10.2 Å². The van der Waals surface area contributed by atoms with Crippen LogP contribution >= 0.6 is 0 Å². The number of benzene rings is 3. The molecule has 32 heavy (non-hydrogen) atoms. The van der Waals surface area contributed by atoms with Crippen LogP contribution < -0.4 is 5.32 Å². The highest BCUT2D eigenvalue weighted by atomic mass is 16.1. The minimum Gasteiger partial charge on any atom is -0.342 e. The van der Waals surface area contributed by atoms with Gasteiger partial charge in [-0.1, -0.05) is 84.8 Å². The van der Waals surface area contributed by atoms with Crippen LogP contribution in [0.15, 0.2) is 91.0 Å². The van der Waals surface area contributed by atoms with Gasteiger partial charge in [-0.25, -0.2) is 0 Å². The maximum atomic E-state index is 12.2. The molecule has 1 aliphatic rings. The van der Waals surface area contributed by atoms with E-state index >= 15 is 0 Å². The Morgan fingerprint density at radius 1 is 0.844 bits per heavy atom. The van der Waals surface area contributed by atoms with Gasteiger partial charge >= 0.3 is 0 Å². The Hall–Kier alpha value is -3.35. The lowest BCUT2D eigenvalue weighted by atomic mass is 9.88. The van der Waals surface area contributed by atoms with Crippen molar-refractivity contribution in [1.82, 2.24) is 10.2 Å². The molecule has 0 unspecified atom stereocenters. The highest BCUT2D eigenvalue weighted by molar-refractivity contribution is 5.94. The number of hydrogen-bond donors (Lipinski definition) is 1. The van der Waals surface area contributed by atoms with Gasteiger partial charge in [0, 0.05) is 36.5 Å². The van der Waals surface area contributed by atoms with Crippen LogP contribution in [0.1, 0.15) is 41.9 Å². The van der Waals surface area contributed by atoms with E-state index in [1.165, 1.54) is 11.1 Å². The molecule has 162 valence electrons. The second-order valence-electron chi connectivity index (χ2n) is 8.37. The van der Waals surface area contributed by atoms with E-state index in [1.807, 2.05) is 30.3 Å². The molecule has 0 aromatic heterocycles. The van der Waals surface area contributed by atoms with E-state index in [9.17, 15) is 4.79 Å². The van der Waals surface area contributed by atoms with Crippen molar-refractivity contribution in [2.24, 2.45) is 0 Å². The molecule has 1 fully saturated rings. The van der Waals surface area contributed by atoms with Crippen molar-refractivity contribution in [1.29, 1.82) is 0 Å². The zero-order valence-corrected chi connectivity index (χ0v) is 18.4. The van der Waals surface area contributed by atoms with Crippen molar-refractivity contribution in [2.45, 2.75) is 31.2 Å². The molecule has 0 radical (unpaired) electrons. The maximum absolute atomic E-state index is 12.2. The smallest absolute Gasteiger partial charge is 0.296 e. The number of hydrogen-bond acceptors (Lipinski definition) is 2. The zero-order chi connectivity index (χ0) is 22.0. The fourth-order valence-electron chi connectivity index (χ4n) is 4.38. The van der Waals surface area contributed by atoms with Crippen molar-refractivity contribution in [3.05, 3.63) is 108 Å². The summed E-state index contributed by atoms with van der Waals surface area (Å²) in [5.74, 6) is 5.88. The lowest BCUT2D eigenvalue weighted by molar-refractivity contribution is -0.116. The number of rotatable bonds is 6. The number of carbonyl (C=O) groups excluding carboxylic acids is 1. The third-order valence-corrected chi connectivity index (χ3v) is 6.15. The first-order valence-corrected chi connectivity index (χ1v) is 11.5.